The molecule has 2 aromatic carbocycles. The van der Waals surface area contributed by atoms with E-state index < -0.39 is 36.5 Å². The van der Waals surface area contributed by atoms with Crippen LogP contribution in [0.2, 0.25) is 0 Å². The molecule has 2 aromatic rings. The minimum Gasteiger partial charge on any atom is -0.435 e. The monoisotopic (exact) mass is 431 g/mol. The summed E-state index contributed by atoms with van der Waals surface area (Å²) in [7, 11) is 0. The number of urea groups is 1. The van der Waals surface area contributed by atoms with Crippen molar-refractivity contribution in [1.29, 1.82) is 0 Å². The zero-order valence-corrected chi connectivity index (χ0v) is 16.6. The summed E-state index contributed by atoms with van der Waals surface area (Å²) in [6.45, 7) is -0.692. The zero-order valence-electron chi connectivity index (χ0n) is 16.6. The summed E-state index contributed by atoms with van der Waals surface area (Å²) in [4.78, 5) is 49.9. The van der Waals surface area contributed by atoms with Gasteiger partial charge in [0.05, 0.1) is 0 Å². The number of nitrogens with zero attached hydrogens (tertiary/aromatic N) is 1. The summed E-state index contributed by atoms with van der Waals surface area (Å²) < 4.78 is 28.9. The number of ketones is 1. The van der Waals surface area contributed by atoms with Crippen molar-refractivity contribution in [3.05, 3.63) is 59.7 Å². The third-order valence-electron chi connectivity index (χ3n) is 4.79. The first kappa shape index (κ1) is 21.9. The Balaban J connectivity index is 1.71. The highest BCUT2D eigenvalue weighted by atomic mass is 19.3. The van der Waals surface area contributed by atoms with Crippen LogP contribution in [-0.2, 0) is 15.1 Å². The van der Waals surface area contributed by atoms with Gasteiger partial charge in [0, 0.05) is 11.3 Å². The highest BCUT2D eigenvalue weighted by Crippen LogP contribution is 2.30. The van der Waals surface area contributed by atoms with Crippen LogP contribution in [0.4, 0.5) is 19.3 Å². The van der Waals surface area contributed by atoms with Crippen molar-refractivity contribution in [3.63, 3.8) is 0 Å². The van der Waals surface area contributed by atoms with E-state index >= 15 is 0 Å². The van der Waals surface area contributed by atoms with Gasteiger partial charge in [0.25, 0.3) is 5.91 Å². The molecule has 162 valence electrons. The average molecular weight is 431 g/mol. The predicted molar refractivity (Wildman–Crippen MR) is 106 cm³/mol. The maximum atomic E-state index is 12.9. The van der Waals surface area contributed by atoms with Crippen molar-refractivity contribution in [2.75, 3.05) is 11.9 Å². The Morgan fingerprint density at radius 3 is 2.45 bits per heavy atom. The summed E-state index contributed by atoms with van der Waals surface area (Å²) in [5.74, 6) is -1.57. The van der Waals surface area contributed by atoms with E-state index in [0.29, 0.717) is 16.8 Å². The molecule has 0 bridgehead atoms. The lowest BCUT2D eigenvalue weighted by atomic mass is 9.92. The Morgan fingerprint density at radius 1 is 1.16 bits per heavy atom. The first-order chi connectivity index (χ1) is 14.6. The lowest BCUT2D eigenvalue weighted by Gasteiger charge is -2.22. The Hall–Kier alpha value is -3.82. The minimum absolute atomic E-state index is 0.0943. The number of rotatable bonds is 7. The zero-order chi connectivity index (χ0) is 22.8. The maximum absolute atomic E-state index is 12.9. The summed E-state index contributed by atoms with van der Waals surface area (Å²) in [6.07, 6.45) is 0. The summed E-state index contributed by atoms with van der Waals surface area (Å²) in [5, 5.41) is 5.07. The van der Waals surface area contributed by atoms with Crippen LogP contribution in [-0.4, -0.2) is 41.7 Å². The SMILES string of the molecule is CC(=O)c1cccc(NC(=O)CN2C(=O)NC(C)(c3ccc(OC(F)F)cc3)C2=O)c1. The van der Waals surface area contributed by atoms with Gasteiger partial charge in [-0.05, 0) is 43.7 Å². The van der Waals surface area contributed by atoms with Crippen molar-refractivity contribution in [3.8, 4) is 5.75 Å². The molecule has 0 saturated carbocycles. The summed E-state index contributed by atoms with van der Waals surface area (Å²) >= 11 is 0. The number of carbonyl (C=O) groups excluding carboxylic acids is 4. The second kappa shape index (κ2) is 8.50. The summed E-state index contributed by atoms with van der Waals surface area (Å²) in [5.41, 5.74) is -0.388. The Morgan fingerprint density at radius 2 is 1.84 bits per heavy atom. The van der Waals surface area contributed by atoms with E-state index in [0.717, 1.165) is 4.90 Å². The van der Waals surface area contributed by atoms with Crippen molar-refractivity contribution < 1.29 is 32.7 Å². The number of alkyl halides is 2. The first-order valence-corrected chi connectivity index (χ1v) is 9.20. The van der Waals surface area contributed by atoms with Crippen molar-refractivity contribution in [2.24, 2.45) is 0 Å². The highest BCUT2D eigenvalue weighted by Gasteiger charge is 2.49. The molecule has 31 heavy (non-hydrogen) atoms. The van der Waals surface area contributed by atoms with Crippen LogP contribution in [0, 0.1) is 0 Å². The third-order valence-corrected chi connectivity index (χ3v) is 4.79. The van der Waals surface area contributed by atoms with Gasteiger partial charge in [-0.15, -0.1) is 0 Å². The standard InChI is InChI=1S/C21H19F2N3O5/c1-12(27)13-4-3-5-15(10-13)24-17(28)11-26-18(29)21(2,25-20(26)30)14-6-8-16(9-7-14)31-19(22)23/h3-10,19H,11H2,1-2H3,(H,24,28)(H,25,30). The van der Waals surface area contributed by atoms with Crippen LogP contribution in [0.25, 0.3) is 0 Å². The minimum atomic E-state index is -2.99. The quantitative estimate of drug-likeness (QED) is 0.518. The largest absolute Gasteiger partial charge is 0.435 e. The number of anilines is 1. The molecule has 3 rings (SSSR count). The van der Waals surface area contributed by atoms with Crippen LogP contribution >= 0.6 is 0 Å². The number of carbonyl (C=O) groups is 4. The van der Waals surface area contributed by atoms with E-state index in [1.807, 2.05) is 0 Å². The molecule has 2 N–H and O–H groups in total. The second-order valence-corrected chi connectivity index (χ2v) is 7.03. The number of nitrogens with one attached hydrogen (secondary N) is 2. The van der Waals surface area contributed by atoms with E-state index in [-0.39, 0.29) is 11.5 Å². The third kappa shape index (κ3) is 4.68. The Bertz CT molecular complexity index is 1040. The number of imide groups is 1. The molecular weight excluding hydrogens is 412 g/mol. The van der Waals surface area contributed by atoms with Crippen LogP contribution in [0.15, 0.2) is 48.5 Å². The molecule has 0 aromatic heterocycles. The molecule has 1 saturated heterocycles. The van der Waals surface area contributed by atoms with Gasteiger partial charge in [0.1, 0.15) is 17.8 Å². The average Bonchev–Trinajstić information content (AvgIpc) is 2.92. The molecule has 1 atom stereocenters. The fraction of sp³-hybridized carbons (Fsp3) is 0.238. The summed E-state index contributed by atoms with van der Waals surface area (Å²) in [6, 6.07) is 10.7. The lowest BCUT2D eigenvalue weighted by molar-refractivity contribution is -0.133. The van der Waals surface area contributed by atoms with Gasteiger partial charge in [-0.3, -0.25) is 19.3 Å². The normalized spacial score (nSPS) is 18.2. The fourth-order valence-corrected chi connectivity index (χ4v) is 3.17. The van der Waals surface area contributed by atoms with E-state index in [1.165, 1.54) is 44.2 Å². The highest BCUT2D eigenvalue weighted by molar-refractivity contribution is 6.10. The van der Waals surface area contributed by atoms with Gasteiger partial charge >= 0.3 is 12.6 Å². The van der Waals surface area contributed by atoms with E-state index in [4.69, 9.17) is 0 Å². The molecule has 1 heterocycles. The first-order valence-electron chi connectivity index (χ1n) is 9.20. The molecule has 1 aliphatic heterocycles. The van der Waals surface area contributed by atoms with Gasteiger partial charge < -0.3 is 15.4 Å². The predicted octanol–water partition coefficient (Wildman–Crippen LogP) is 2.90. The number of halogens is 2. The molecule has 0 radical (unpaired) electrons. The Labute approximate surface area is 176 Å². The van der Waals surface area contributed by atoms with Gasteiger partial charge in [-0.1, -0.05) is 24.3 Å². The molecule has 0 spiro atoms. The number of Topliss-reactive ketones (excluding diaryl/α,β-unsaturated/α-hetero) is 1. The number of hydrogen-bond acceptors (Lipinski definition) is 5. The smallest absolute Gasteiger partial charge is 0.387 e. The van der Waals surface area contributed by atoms with E-state index in [2.05, 4.69) is 15.4 Å². The van der Waals surface area contributed by atoms with Gasteiger partial charge in [-0.2, -0.15) is 8.78 Å². The van der Waals surface area contributed by atoms with Gasteiger partial charge in [0.15, 0.2) is 5.78 Å². The van der Waals surface area contributed by atoms with Gasteiger partial charge in [-0.25, -0.2) is 4.79 Å². The van der Waals surface area contributed by atoms with E-state index in [9.17, 15) is 28.0 Å². The van der Waals surface area contributed by atoms with E-state index in [1.54, 1.807) is 18.2 Å². The van der Waals surface area contributed by atoms with Crippen LogP contribution in [0.5, 0.6) is 5.75 Å². The second-order valence-electron chi connectivity index (χ2n) is 7.03. The topological polar surface area (TPSA) is 105 Å². The molecule has 1 unspecified atom stereocenters. The number of ether oxygens (including phenoxy) is 1. The van der Waals surface area contributed by atoms with Crippen molar-refractivity contribution >= 4 is 29.3 Å². The van der Waals surface area contributed by atoms with Crippen molar-refractivity contribution in [2.45, 2.75) is 26.0 Å². The molecule has 1 aliphatic rings. The van der Waals surface area contributed by atoms with Crippen molar-refractivity contribution in [1.82, 2.24) is 10.2 Å². The fourth-order valence-electron chi connectivity index (χ4n) is 3.17. The molecule has 4 amide bonds. The molecule has 1 fully saturated rings. The van der Waals surface area contributed by atoms with Gasteiger partial charge in [0.2, 0.25) is 5.91 Å². The lowest BCUT2D eigenvalue weighted by Crippen LogP contribution is -2.42. The number of benzene rings is 2. The van der Waals surface area contributed by atoms with Crippen LogP contribution in [0.1, 0.15) is 29.8 Å². The Kier molecular flexibility index (Phi) is 6.00. The molecule has 10 heteroatoms. The number of hydrogen-bond donors (Lipinski definition) is 2. The molecule has 0 aliphatic carbocycles. The number of amides is 4. The maximum Gasteiger partial charge on any atom is 0.387 e. The van der Waals surface area contributed by atoms with Crippen LogP contribution in [0.3, 0.4) is 0 Å². The molecular formula is C21H19F2N3O5. The van der Waals surface area contributed by atoms with Crippen LogP contribution < -0.4 is 15.4 Å². The molecule has 8 nitrogen and oxygen atoms in total.